The molecule has 5 nitrogen and oxygen atoms in total. The Hall–Kier alpha value is -2.73. The minimum absolute atomic E-state index is 0.155. The van der Waals surface area contributed by atoms with E-state index in [9.17, 15) is 4.79 Å². The highest BCUT2D eigenvalue weighted by molar-refractivity contribution is 7.19. The van der Waals surface area contributed by atoms with Gasteiger partial charge in [0.2, 0.25) is 4.96 Å². The lowest BCUT2D eigenvalue weighted by Gasteiger charge is -2.03. The molecule has 2 aromatic carbocycles. The molecule has 0 aliphatic rings. The normalized spacial score (nSPS) is 11.1. The zero-order chi connectivity index (χ0) is 15.1. The van der Waals surface area contributed by atoms with Crippen molar-refractivity contribution in [2.75, 3.05) is 7.11 Å². The van der Waals surface area contributed by atoms with Gasteiger partial charge in [-0.05, 0) is 24.3 Å². The van der Waals surface area contributed by atoms with E-state index in [-0.39, 0.29) is 5.56 Å². The molecule has 4 rings (SSSR count). The minimum atomic E-state index is -0.155. The van der Waals surface area contributed by atoms with E-state index in [0.717, 1.165) is 11.3 Å². The van der Waals surface area contributed by atoms with Crippen molar-refractivity contribution < 1.29 is 4.74 Å². The second-order valence-corrected chi connectivity index (χ2v) is 5.69. The first-order valence-electron chi connectivity index (χ1n) is 6.70. The van der Waals surface area contributed by atoms with E-state index in [1.54, 1.807) is 13.2 Å². The Balaban J connectivity index is 2.04. The summed E-state index contributed by atoms with van der Waals surface area (Å²) in [5.74, 6) is 0.721. The molecule has 4 aromatic rings. The molecule has 0 aliphatic heterocycles. The molecule has 0 saturated carbocycles. The monoisotopic (exact) mass is 309 g/mol. The van der Waals surface area contributed by atoms with Crippen molar-refractivity contribution in [2.45, 2.75) is 0 Å². The van der Waals surface area contributed by atoms with Gasteiger partial charge in [-0.1, -0.05) is 35.6 Å². The summed E-state index contributed by atoms with van der Waals surface area (Å²) in [6, 6.07) is 14.9. The maximum absolute atomic E-state index is 12.5. The summed E-state index contributed by atoms with van der Waals surface area (Å²) in [4.78, 5) is 17.6. The Labute approximate surface area is 129 Å². The third-order valence-electron chi connectivity index (χ3n) is 3.44. The number of hydrogen-bond acceptors (Lipinski definition) is 5. The summed E-state index contributed by atoms with van der Waals surface area (Å²) in [5, 5.41) is 5.69. The fourth-order valence-corrected chi connectivity index (χ4v) is 3.31. The van der Waals surface area contributed by atoms with Crippen LogP contribution >= 0.6 is 11.3 Å². The number of nitrogens with zero attached hydrogens (tertiary/aromatic N) is 3. The molecule has 0 bridgehead atoms. The molecule has 2 aromatic heterocycles. The second-order valence-electron chi connectivity index (χ2n) is 4.74. The van der Waals surface area contributed by atoms with Gasteiger partial charge in [0.25, 0.3) is 5.56 Å². The maximum Gasteiger partial charge on any atom is 0.283 e. The number of hydrogen-bond donors (Lipinski definition) is 0. The van der Waals surface area contributed by atoms with Crippen molar-refractivity contribution in [3.63, 3.8) is 0 Å². The van der Waals surface area contributed by atoms with E-state index in [1.165, 1.54) is 15.9 Å². The van der Waals surface area contributed by atoms with E-state index in [1.807, 2.05) is 42.5 Å². The molecule has 108 valence electrons. The molecule has 0 fully saturated rings. The van der Waals surface area contributed by atoms with Gasteiger partial charge in [-0.2, -0.15) is 9.61 Å². The first kappa shape index (κ1) is 13.0. The van der Waals surface area contributed by atoms with Crippen molar-refractivity contribution in [3.05, 3.63) is 58.9 Å². The maximum atomic E-state index is 12.5. The molecule has 0 radical (unpaired) electrons. The largest absolute Gasteiger partial charge is 0.496 e. The van der Waals surface area contributed by atoms with E-state index < -0.39 is 0 Å². The molecule has 0 unspecified atom stereocenters. The van der Waals surface area contributed by atoms with Crippen LogP contribution in [-0.4, -0.2) is 21.7 Å². The highest BCUT2D eigenvalue weighted by atomic mass is 32.1. The van der Waals surface area contributed by atoms with E-state index >= 15 is 0 Å². The molecule has 2 heterocycles. The Bertz CT molecular complexity index is 1050. The summed E-state index contributed by atoms with van der Waals surface area (Å²) in [7, 11) is 1.62. The number of aromatic nitrogens is 3. The first-order chi connectivity index (χ1) is 10.8. The van der Waals surface area contributed by atoms with E-state index in [4.69, 9.17) is 4.74 Å². The van der Waals surface area contributed by atoms with Gasteiger partial charge in [-0.3, -0.25) is 4.79 Å². The molecule has 0 N–H and O–H groups in total. The predicted octanol–water partition coefficient (Wildman–Crippen LogP) is 2.98. The van der Waals surface area contributed by atoms with E-state index in [0.29, 0.717) is 20.9 Å². The molecular formula is C16H11N3O2S. The van der Waals surface area contributed by atoms with Crippen LogP contribution in [-0.2, 0) is 0 Å². The van der Waals surface area contributed by atoms with Crippen LogP contribution < -0.4 is 10.3 Å². The van der Waals surface area contributed by atoms with Gasteiger partial charge in [-0.25, -0.2) is 4.98 Å². The number of methoxy groups -OCH3 is 1. The topological polar surface area (TPSA) is 56.5 Å². The Morgan fingerprint density at radius 3 is 2.73 bits per heavy atom. The van der Waals surface area contributed by atoms with Gasteiger partial charge in [0.05, 0.1) is 23.6 Å². The highest BCUT2D eigenvalue weighted by Crippen LogP contribution is 2.32. The van der Waals surface area contributed by atoms with Crippen molar-refractivity contribution in [1.82, 2.24) is 14.6 Å². The Morgan fingerprint density at radius 1 is 1.09 bits per heavy atom. The minimum Gasteiger partial charge on any atom is -0.496 e. The zero-order valence-corrected chi connectivity index (χ0v) is 12.5. The van der Waals surface area contributed by atoms with Crippen molar-refractivity contribution in [1.29, 1.82) is 0 Å². The van der Waals surface area contributed by atoms with Gasteiger partial charge < -0.3 is 4.74 Å². The number of rotatable bonds is 2. The van der Waals surface area contributed by atoms with Crippen molar-refractivity contribution in [2.24, 2.45) is 0 Å². The summed E-state index contributed by atoms with van der Waals surface area (Å²) >= 11 is 1.37. The number of ether oxygens (including phenoxy) is 1. The first-order valence-corrected chi connectivity index (χ1v) is 7.51. The quantitative estimate of drug-likeness (QED) is 0.571. The molecule has 0 spiro atoms. The van der Waals surface area contributed by atoms with E-state index in [2.05, 4.69) is 10.1 Å². The van der Waals surface area contributed by atoms with Crippen molar-refractivity contribution in [3.8, 4) is 16.3 Å². The van der Waals surface area contributed by atoms with Gasteiger partial charge in [0, 0.05) is 0 Å². The molecule has 0 saturated heterocycles. The molecule has 6 heteroatoms. The lowest BCUT2D eigenvalue weighted by molar-refractivity contribution is 0.416. The van der Waals surface area contributed by atoms with Crippen LogP contribution in [0.1, 0.15) is 0 Å². The standard InChI is InChI=1S/C16H11N3O2S/c1-21-13-9-5-3-7-11(13)14-18-19-15(20)10-6-2-4-8-12(10)17-16(19)22-14/h2-9H,1H3. The van der Waals surface area contributed by atoms with Crippen LogP contribution in [0.15, 0.2) is 53.3 Å². The smallest absolute Gasteiger partial charge is 0.283 e. The summed E-state index contributed by atoms with van der Waals surface area (Å²) < 4.78 is 6.72. The van der Waals surface area contributed by atoms with Crippen LogP contribution in [0.25, 0.3) is 26.4 Å². The average molecular weight is 309 g/mol. The number of para-hydroxylation sites is 2. The fourth-order valence-electron chi connectivity index (χ4n) is 2.39. The van der Waals surface area contributed by atoms with Crippen LogP contribution in [0.5, 0.6) is 5.75 Å². The summed E-state index contributed by atoms with van der Waals surface area (Å²) in [6.07, 6.45) is 0. The summed E-state index contributed by atoms with van der Waals surface area (Å²) in [5.41, 5.74) is 1.38. The fraction of sp³-hybridized carbons (Fsp3) is 0.0625. The number of benzene rings is 2. The highest BCUT2D eigenvalue weighted by Gasteiger charge is 2.14. The SMILES string of the molecule is COc1ccccc1-c1nn2c(=O)c3ccccc3nc2s1. The van der Waals surface area contributed by atoms with Gasteiger partial charge in [0.1, 0.15) is 5.75 Å². The average Bonchev–Trinajstić information content (AvgIpc) is 2.99. The predicted molar refractivity (Wildman–Crippen MR) is 86.6 cm³/mol. The Kier molecular flexibility index (Phi) is 2.90. The van der Waals surface area contributed by atoms with Gasteiger partial charge in [-0.15, -0.1) is 0 Å². The van der Waals surface area contributed by atoms with Crippen LogP contribution in [0.4, 0.5) is 0 Å². The number of fused-ring (bicyclic) bond motifs is 2. The molecule has 0 amide bonds. The third kappa shape index (κ3) is 1.88. The molecular weight excluding hydrogens is 298 g/mol. The van der Waals surface area contributed by atoms with Crippen LogP contribution in [0.3, 0.4) is 0 Å². The summed E-state index contributed by atoms with van der Waals surface area (Å²) in [6.45, 7) is 0. The van der Waals surface area contributed by atoms with Crippen LogP contribution in [0.2, 0.25) is 0 Å². The molecule has 0 aliphatic carbocycles. The Morgan fingerprint density at radius 2 is 1.86 bits per heavy atom. The molecule has 0 atom stereocenters. The lowest BCUT2D eigenvalue weighted by Crippen LogP contribution is -2.14. The van der Waals surface area contributed by atoms with Gasteiger partial charge >= 0.3 is 0 Å². The second kappa shape index (κ2) is 4.92. The zero-order valence-electron chi connectivity index (χ0n) is 11.7. The molecule has 22 heavy (non-hydrogen) atoms. The van der Waals surface area contributed by atoms with Gasteiger partial charge in [0.15, 0.2) is 5.01 Å². The lowest BCUT2D eigenvalue weighted by atomic mass is 10.2. The van der Waals surface area contributed by atoms with Crippen molar-refractivity contribution >= 4 is 27.2 Å². The third-order valence-corrected chi connectivity index (χ3v) is 4.38. The van der Waals surface area contributed by atoms with Crippen LogP contribution in [0, 0.1) is 0 Å².